The Morgan fingerprint density at radius 1 is 1.11 bits per heavy atom. The van der Waals surface area contributed by atoms with E-state index < -0.39 is 0 Å². The van der Waals surface area contributed by atoms with Gasteiger partial charge in [-0.05, 0) is 57.3 Å². The molecule has 19 heavy (non-hydrogen) atoms. The Morgan fingerprint density at radius 2 is 1.89 bits per heavy atom. The van der Waals surface area contributed by atoms with Crippen molar-refractivity contribution in [3.05, 3.63) is 0 Å². The summed E-state index contributed by atoms with van der Waals surface area (Å²) in [6, 6.07) is 0.731. The molecule has 3 atom stereocenters. The number of piperidine rings is 1. The molecule has 2 aliphatic carbocycles. The van der Waals surface area contributed by atoms with Gasteiger partial charge < -0.3 is 10.2 Å². The first-order valence-corrected chi connectivity index (χ1v) is 8.32. The van der Waals surface area contributed by atoms with Crippen LogP contribution in [0, 0.1) is 11.8 Å². The lowest BCUT2D eigenvalue weighted by Crippen LogP contribution is -2.55. The molecular weight excluding hydrogens is 236 g/mol. The predicted octanol–water partition coefficient (Wildman–Crippen LogP) is 2.56. The summed E-state index contributed by atoms with van der Waals surface area (Å²) in [5, 5.41) is 3.67. The number of carbonyl (C=O) groups is 1. The van der Waals surface area contributed by atoms with E-state index in [2.05, 4.69) is 17.1 Å². The molecule has 0 spiro atoms. The van der Waals surface area contributed by atoms with Crippen LogP contribution in [-0.2, 0) is 4.79 Å². The van der Waals surface area contributed by atoms with Gasteiger partial charge >= 0.3 is 0 Å². The van der Waals surface area contributed by atoms with Crippen molar-refractivity contribution in [2.45, 2.75) is 70.4 Å². The van der Waals surface area contributed by atoms with Crippen molar-refractivity contribution >= 4 is 5.91 Å². The smallest absolute Gasteiger partial charge is 0.239 e. The van der Waals surface area contributed by atoms with Gasteiger partial charge in [0.1, 0.15) is 0 Å². The molecule has 0 radical (unpaired) electrons. The average molecular weight is 264 g/mol. The Kier molecular flexibility index (Phi) is 4.11. The molecule has 2 saturated carbocycles. The largest absolute Gasteiger partial charge is 0.341 e. The van der Waals surface area contributed by atoms with Crippen LogP contribution in [0.5, 0.6) is 0 Å². The minimum absolute atomic E-state index is 0.109. The van der Waals surface area contributed by atoms with Gasteiger partial charge in [-0.1, -0.05) is 12.8 Å². The first kappa shape index (κ1) is 13.4. The Bertz CT molecular complexity index is 327. The van der Waals surface area contributed by atoms with Crippen LogP contribution < -0.4 is 5.32 Å². The SMILES string of the molecule is CCN(CC1CC1)C(=O)C1CCC2CCCCC2N1. The van der Waals surface area contributed by atoms with Crippen molar-refractivity contribution in [1.82, 2.24) is 10.2 Å². The highest BCUT2D eigenvalue weighted by Gasteiger charge is 2.36. The summed E-state index contributed by atoms with van der Waals surface area (Å²) in [5.74, 6) is 2.02. The van der Waals surface area contributed by atoms with Gasteiger partial charge in [-0.25, -0.2) is 0 Å². The summed E-state index contributed by atoms with van der Waals surface area (Å²) >= 11 is 0. The molecule has 1 aliphatic heterocycles. The summed E-state index contributed by atoms with van der Waals surface area (Å²) < 4.78 is 0. The second-order valence-electron chi connectivity index (χ2n) is 6.77. The van der Waals surface area contributed by atoms with Gasteiger partial charge in [0.2, 0.25) is 5.91 Å². The molecule has 1 heterocycles. The predicted molar refractivity (Wildman–Crippen MR) is 76.9 cm³/mol. The topological polar surface area (TPSA) is 32.3 Å². The molecule has 0 bridgehead atoms. The zero-order valence-electron chi connectivity index (χ0n) is 12.2. The molecule has 0 aromatic heterocycles. The number of rotatable bonds is 4. The number of fused-ring (bicyclic) bond motifs is 1. The molecular formula is C16H28N2O. The number of hydrogen-bond acceptors (Lipinski definition) is 2. The number of amides is 1. The Morgan fingerprint density at radius 3 is 2.63 bits per heavy atom. The molecule has 3 nitrogen and oxygen atoms in total. The van der Waals surface area contributed by atoms with Gasteiger partial charge in [0.25, 0.3) is 0 Å². The van der Waals surface area contributed by atoms with E-state index in [0.717, 1.165) is 31.3 Å². The quantitative estimate of drug-likeness (QED) is 0.846. The van der Waals surface area contributed by atoms with Gasteiger partial charge in [0, 0.05) is 19.1 Å². The van der Waals surface area contributed by atoms with Crippen LogP contribution in [0.3, 0.4) is 0 Å². The molecule has 3 aliphatic rings. The maximum Gasteiger partial charge on any atom is 0.239 e. The molecule has 1 amide bonds. The third-order valence-corrected chi connectivity index (χ3v) is 5.32. The van der Waals surface area contributed by atoms with Gasteiger partial charge in [0.05, 0.1) is 6.04 Å². The standard InChI is InChI=1S/C16H28N2O/c1-2-18(11-12-7-8-12)16(19)15-10-9-13-5-3-4-6-14(13)17-15/h12-15,17H,2-11H2,1H3. The van der Waals surface area contributed by atoms with E-state index >= 15 is 0 Å². The first-order valence-electron chi connectivity index (χ1n) is 8.32. The highest BCUT2D eigenvalue weighted by atomic mass is 16.2. The summed E-state index contributed by atoms with van der Waals surface area (Å²) in [4.78, 5) is 14.7. The lowest BCUT2D eigenvalue weighted by atomic mass is 9.77. The number of likely N-dealkylation sites (N-methyl/N-ethyl adjacent to an activating group) is 1. The average Bonchev–Trinajstić information content (AvgIpc) is 3.27. The Balaban J connectivity index is 1.56. The molecule has 0 aromatic carbocycles. The third kappa shape index (κ3) is 3.13. The second-order valence-corrected chi connectivity index (χ2v) is 6.77. The van der Waals surface area contributed by atoms with Crippen molar-refractivity contribution in [3.8, 4) is 0 Å². The van der Waals surface area contributed by atoms with Crippen LogP contribution in [0.15, 0.2) is 0 Å². The van der Waals surface area contributed by atoms with Crippen LogP contribution in [0.1, 0.15) is 58.3 Å². The molecule has 3 rings (SSSR count). The van der Waals surface area contributed by atoms with Crippen LogP contribution in [-0.4, -0.2) is 36.0 Å². The van der Waals surface area contributed by atoms with Crippen LogP contribution in [0.25, 0.3) is 0 Å². The zero-order chi connectivity index (χ0) is 13.2. The van der Waals surface area contributed by atoms with E-state index in [1.165, 1.54) is 44.9 Å². The highest BCUT2D eigenvalue weighted by molar-refractivity contribution is 5.82. The van der Waals surface area contributed by atoms with Crippen molar-refractivity contribution in [3.63, 3.8) is 0 Å². The molecule has 3 heteroatoms. The molecule has 3 unspecified atom stereocenters. The summed E-state index contributed by atoms with van der Waals surface area (Å²) in [6.07, 6.45) is 10.4. The summed E-state index contributed by atoms with van der Waals surface area (Å²) in [7, 11) is 0. The summed E-state index contributed by atoms with van der Waals surface area (Å²) in [6.45, 7) is 4.00. The third-order valence-electron chi connectivity index (χ3n) is 5.32. The van der Waals surface area contributed by atoms with E-state index in [-0.39, 0.29) is 6.04 Å². The van der Waals surface area contributed by atoms with Crippen molar-refractivity contribution in [2.24, 2.45) is 11.8 Å². The molecule has 0 aromatic rings. The summed E-state index contributed by atoms with van der Waals surface area (Å²) in [5.41, 5.74) is 0. The maximum atomic E-state index is 12.6. The number of nitrogens with zero attached hydrogens (tertiary/aromatic N) is 1. The van der Waals surface area contributed by atoms with Crippen LogP contribution in [0.2, 0.25) is 0 Å². The van der Waals surface area contributed by atoms with Crippen molar-refractivity contribution < 1.29 is 4.79 Å². The van der Waals surface area contributed by atoms with Gasteiger partial charge in [-0.15, -0.1) is 0 Å². The highest BCUT2D eigenvalue weighted by Crippen LogP contribution is 2.33. The van der Waals surface area contributed by atoms with E-state index in [4.69, 9.17) is 0 Å². The molecule has 1 saturated heterocycles. The minimum atomic E-state index is 0.109. The Labute approximate surface area is 117 Å². The lowest BCUT2D eigenvalue weighted by molar-refractivity contribution is -0.135. The van der Waals surface area contributed by atoms with Gasteiger partial charge in [-0.3, -0.25) is 4.79 Å². The van der Waals surface area contributed by atoms with Crippen LogP contribution in [0.4, 0.5) is 0 Å². The van der Waals surface area contributed by atoms with E-state index in [9.17, 15) is 4.79 Å². The van der Waals surface area contributed by atoms with Crippen molar-refractivity contribution in [2.75, 3.05) is 13.1 Å². The van der Waals surface area contributed by atoms with E-state index in [1.807, 2.05) is 0 Å². The van der Waals surface area contributed by atoms with Crippen LogP contribution >= 0.6 is 0 Å². The monoisotopic (exact) mass is 264 g/mol. The van der Waals surface area contributed by atoms with Gasteiger partial charge in [0.15, 0.2) is 0 Å². The number of hydrogen-bond donors (Lipinski definition) is 1. The first-order chi connectivity index (χ1) is 9.28. The fraction of sp³-hybridized carbons (Fsp3) is 0.938. The number of carbonyl (C=O) groups excluding carboxylic acids is 1. The molecule has 1 N–H and O–H groups in total. The molecule has 108 valence electrons. The maximum absolute atomic E-state index is 12.6. The molecule has 3 fully saturated rings. The fourth-order valence-electron chi connectivity index (χ4n) is 3.90. The lowest BCUT2D eigenvalue weighted by Gasteiger charge is -2.41. The zero-order valence-corrected chi connectivity index (χ0v) is 12.2. The van der Waals surface area contributed by atoms with E-state index in [1.54, 1.807) is 0 Å². The number of nitrogens with one attached hydrogen (secondary N) is 1. The Hall–Kier alpha value is -0.570. The fourth-order valence-corrected chi connectivity index (χ4v) is 3.90. The van der Waals surface area contributed by atoms with Crippen molar-refractivity contribution in [1.29, 1.82) is 0 Å². The minimum Gasteiger partial charge on any atom is -0.341 e. The second kappa shape index (κ2) is 5.82. The normalized spacial score (nSPS) is 34.7. The van der Waals surface area contributed by atoms with Gasteiger partial charge in [-0.2, -0.15) is 0 Å². The van der Waals surface area contributed by atoms with E-state index in [0.29, 0.717) is 11.9 Å².